The van der Waals surface area contributed by atoms with Crippen LogP contribution in [0.2, 0.25) is 0 Å². The molecule has 30 heavy (non-hydrogen) atoms. The molecule has 1 atom stereocenters. The van der Waals surface area contributed by atoms with E-state index in [9.17, 15) is 9.59 Å². The Kier molecular flexibility index (Phi) is 6.16. The lowest BCUT2D eigenvalue weighted by Crippen LogP contribution is -2.49. The summed E-state index contributed by atoms with van der Waals surface area (Å²) >= 11 is 0. The Labute approximate surface area is 178 Å². The van der Waals surface area contributed by atoms with Crippen LogP contribution in [0.1, 0.15) is 67.3 Å². The molecule has 1 N–H and O–H groups in total. The predicted octanol–water partition coefficient (Wildman–Crippen LogP) is 4.17. The van der Waals surface area contributed by atoms with Crippen LogP contribution in [0.3, 0.4) is 0 Å². The molecule has 2 aromatic rings. The van der Waals surface area contributed by atoms with Crippen molar-refractivity contribution < 1.29 is 9.59 Å². The third-order valence-corrected chi connectivity index (χ3v) is 6.58. The molecule has 5 nitrogen and oxygen atoms in total. The van der Waals surface area contributed by atoms with Crippen molar-refractivity contribution in [2.24, 2.45) is 5.41 Å². The second-order valence-electron chi connectivity index (χ2n) is 8.95. The van der Waals surface area contributed by atoms with Crippen LogP contribution in [0.5, 0.6) is 0 Å². The molecular formula is C25H31N3O2. The SMILES string of the molecule is CC(NC(=O)c1cccnc1)C(=O)N1CCC2(CC1)CC2.c1ccc(C2CC2)cc1. The number of likely N-dealkylation sites (tertiary alicyclic amines) is 1. The average molecular weight is 406 g/mol. The summed E-state index contributed by atoms with van der Waals surface area (Å²) in [6.07, 6.45) is 10.8. The van der Waals surface area contributed by atoms with Gasteiger partial charge in [-0.25, -0.2) is 0 Å². The maximum Gasteiger partial charge on any atom is 0.253 e. The fourth-order valence-corrected chi connectivity index (χ4v) is 4.13. The Morgan fingerprint density at radius 1 is 1.03 bits per heavy atom. The Bertz CT molecular complexity index is 850. The summed E-state index contributed by atoms with van der Waals surface area (Å²) in [5.74, 6) is 0.675. The minimum absolute atomic E-state index is 0.0164. The van der Waals surface area contributed by atoms with E-state index in [0.29, 0.717) is 11.0 Å². The third kappa shape index (κ3) is 5.26. The summed E-state index contributed by atoms with van der Waals surface area (Å²) in [6.45, 7) is 3.40. The van der Waals surface area contributed by atoms with Crippen LogP contribution >= 0.6 is 0 Å². The molecule has 0 bridgehead atoms. The minimum atomic E-state index is -0.494. The largest absolute Gasteiger partial charge is 0.341 e. The van der Waals surface area contributed by atoms with Gasteiger partial charge in [-0.2, -0.15) is 0 Å². The molecule has 1 unspecified atom stereocenters. The number of nitrogens with zero attached hydrogens (tertiary/aromatic N) is 2. The zero-order valence-corrected chi connectivity index (χ0v) is 17.7. The molecule has 1 aromatic carbocycles. The van der Waals surface area contributed by atoms with Crippen molar-refractivity contribution in [1.82, 2.24) is 15.2 Å². The smallest absolute Gasteiger partial charge is 0.253 e. The van der Waals surface area contributed by atoms with E-state index in [0.717, 1.165) is 31.8 Å². The van der Waals surface area contributed by atoms with Crippen LogP contribution in [0.15, 0.2) is 54.9 Å². The molecule has 0 radical (unpaired) electrons. The number of hydrogen-bond acceptors (Lipinski definition) is 3. The number of benzene rings is 1. The molecule has 5 heteroatoms. The zero-order valence-electron chi connectivity index (χ0n) is 17.7. The number of carbonyl (C=O) groups is 2. The molecule has 2 saturated carbocycles. The van der Waals surface area contributed by atoms with Gasteiger partial charge in [-0.1, -0.05) is 30.3 Å². The number of rotatable bonds is 4. The van der Waals surface area contributed by atoms with Crippen molar-refractivity contribution in [2.45, 2.75) is 57.4 Å². The Morgan fingerprint density at radius 2 is 1.73 bits per heavy atom. The Balaban J connectivity index is 0.000000200. The molecule has 1 aliphatic heterocycles. The highest BCUT2D eigenvalue weighted by molar-refractivity contribution is 5.97. The van der Waals surface area contributed by atoms with E-state index in [1.165, 1.54) is 37.4 Å². The molecule has 1 saturated heterocycles. The van der Waals surface area contributed by atoms with E-state index in [1.54, 1.807) is 25.3 Å². The van der Waals surface area contributed by atoms with E-state index < -0.39 is 6.04 Å². The van der Waals surface area contributed by atoms with Crippen LogP contribution in [0.4, 0.5) is 0 Å². The van der Waals surface area contributed by atoms with Gasteiger partial charge in [0.1, 0.15) is 6.04 Å². The van der Waals surface area contributed by atoms with Gasteiger partial charge in [0.15, 0.2) is 0 Å². The lowest BCUT2D eigenvalue weighted by atomic mass is 9.93. The van der Waals surface area contributed by atoms with Crippen LogP contribution in [0, 0.1) is 5.41 Å². The van der Waals surface area contributed by atoms with Gasteiger partial charge in [-0.05, 0) is 74.5 Å². The third-order valence-electron chi connectivity index (χ3n) is 6.58. The van der Waals surface area contributed by atoms with Crippen molar-refractivity contribution in [1.29, 1.82) is 0 Å². The van der Waals surface area contributed by atoms with Gasteiger partial charge in [-0.15, -0.1) is 0 Å². The highest BCUT2D eigenvalue weighted by atomic mass is 16.2. The van der Waals surface area contributed by atoms with E-state index in [4.69, 9.17) is 0 Å². The first-order chi connectivity index (χ1) is 14.6. The molecular weight excluding hydrogens is 374 g/mol. The van der Waals surface area contributed by atoms with Crippen LogP contribution in [0.25, 0.3) is 0 Å². The second kappa shape index (κ2) is 8.99. The monoisotopic (exact) mass is 405 g/mol. The number of amides is 2. The molecule has 1 spiro atoms. The van der Waals surface area contributed by atoms with E-state index in [1.807, 2.05) is 4.90 Å². The number of hydrogen-bond donors (Lipinski definition) is 1. The first-order valence-electron chi connectivity index (χ1n) is 11.1. The van der Waals surface area contributed by atoms with Crippen molar-refractivity contribution in [3.63, 3.8) is 0 Å². The molecule has 3 aliphatic rings. The van der Waals surface area contributed by atoms with E-state index in [-0.39, 0.29) is 11.8 Å². The molecule has 158 valence electrons. The van der Waals surface area contributed by atoms with Crippen LogP contribution in [-0.2, 0) is 4.79 Å². The molecule has 2 aliphatic carbocycles. The van der Waals surface area contributed by atoms with Crippen LogP contribution < -0.4 is 5.32 Å². The van der Waals surface area contributed by atoms with Gasteiger partial charge >= 0.3 is 0 Å². The highest BCUT2D eigenvalue weighted by Gasteiger charge is 2.45. The van der Waals surface area contributed by atoms with E-state index in [2.05, 4.69) is 40.6 Å². The standard InChI is InChI=1S/C16H21N3O2.C9H10/c1-12(18-14(20)13-3-2-8-17-11-13)15(21)19-9-6-16(4-5-16)7-10-19;1-2-4-8(5-3-1)9-6-7-9/h2-3,8,11-12H,4-7,9-10H2,1H3,(H,18,20);1-5,9H,6-7H2. The van der Waals surface area contributed by atoms with Crippen molar-refractivity contribution in [3.05, 3.63) is 66.0 Å². The van der Waals surface area contributed by atoms with Gasteiger partial charge in [0, 0.05) is 25.5 Å². The summed E-state index contributed by atoms with van der Waals surface area (Å²) in [5, 5.41) is 2.76. The van der Waals surface area contributed by atoms with E-state index >= 15 is 0 Å². The topological polar surface area (TPSA) is 62.3 Å². The van der Waals surface area contributed by atoms with Gasteiger partial charge in [0.2, 0.25) is 5.91 Å². The summed E-state index contributed by atoms with van der Waals surface area (Å²) in [4.78, 5) is 30.2. The van der Waals surface area contributed by atoms with Gasteiger partial charge < -0.3 is 10.2 Å². The lowest BCUT2D eigenvalue weighted by Gasteiger charge is -2.33. The molecule has 5 rings (SSSR count). The first-order valence-corrected chi connectivity index (χ1v) is 11.1. The average Bonchev–Trinajstić information content (AvgIpc) is 3.72. The number of carbonyl (C=O) groups excluding carboxylic acids is 2. The normalized spacial score (nSPS) is 20.0. The predicted molar refractivity (Wildman–Crippen MR) is 117 cm³/mol. The van der Waals surface area contributed by atoms with Gasteiger partial charge in [0.25, 0.3) is 5.91 Å². The molecule has 1 aromatic heterocycles. The maximum absolute atomic E-state index is 12.4. The Morgan fingerprint density at radius 3 is 2.30 bits per heavy atom. The Hall–Kier alpha value is -2.69. The molecule has 2 amide bonds. The zero-order chi connectivity index (χ0) is 21.0. The van der Waals surface area contributed by atoms with Crippen LogP contribution in [-0.4, -0.2) is 40.8 Å². The van der Waals surface area contributed by atoms with Gasteiger partial charge in [0.05, 0.1) is 5.56 Å². The fraction of sp³-hybridized carbons (Fsp3) is 0.480. The number of nitrogens with one attached hydrogen (secondary N) is 1. The summed E-state index contributed by atoms with van der Waals surface area (Å²) < 4.78 is 0. The summed E-state index contributed by atoms with van der Waals surface area (Å²) in [7, 11) is 0. The quantitative estimate of drug-likeness (QED) is 0.831. The van der Waals surface area contributed by atoms with Crippen molar-refractivity contribution in [3.8, 4) is 0 Å². The highest BCUT2D eigenvalue weighted by Crippen LogP contribution is 2.53. The fourth-order valence-electron chi connectivity index (χ4n) is 4.13. The van der Waals surface area contributed by atoms with Crippen molar-refractivity contribution >= 4 is 11.8 Å². The molecule has 2 heterocycles. The van der Waals surface area contributed by atoms with Crippen molar-refractivity contribution in [2.75, 3.05) is 13.1 Å². The number of piperidine rings is 1. The summed E-state index contributed by atoms with van der Waals surface area (Å²) in [6, 6.07) is 13.7. The molecule has 3 fully saturated rings. The number of aromatic nitrogens is 1. The second-order valence-corrected chi connectivity index (χ2v) is 8.95. The maximum atomic E-state index is 12.4. The minimum Gasteiger partial charge on any atom is -0.341 e. The first kappa shape index (κ1) is 20.6. The lowest BCUT2D eigenvalue weighted by molar-refractivity contribution is -0.134. The summed E-state index contributed by atoms with van der Waals surface area (Å²) in [5.41, 5.74) is 2.56. The van der Waals surface area contributed by atoms with Gasteiger partial charge in [-0.3, -0.25) is 14.6 Å². The number of pyridine rings is 1.